The van der Waals surface area contributed by atoms with Gasteiger partial charge >= 0.3 is 0 Å². The molecule has 4 nitrogen and oxygen atoms in total. The maximum atomic E-state index is 4.23. The van der Waals surface area contributed by atoms with Gasteiger partial charge in [0.25, 0.3) is 0 Å². The molecule has 1 aliphatic heterocycles. The molecule has 0 aliphatic carbocycles. The van der Waals surface area contributed by atoms with E-state index in [2.05, 4.69) is 42.4 Å². The molecule has 17 heavy (non-hydrogen) atoms. The molecule has 2 heterocycles. The summed E-state index contributed by atoms with van der Waals surface area (Å²) in [6.07, 6.45) is 5.29. The van der Waals surface area contributed by atoms with Crippen molar-refractivity contribution in [1.82, 2.24) is 20.0 Å². The highest BCUT2D eigenvalue weighted by molar-refractivity contribution is 5.09. The molecule has 0 radical (unpaired) electrons. The molecule has 1 fully saturated rings. The molecular weight excluding hydrogens is 212 g/mol. The number of nitrogens with zero attached hydrogens (tertiary/aromatic N) is 3. The summed E-state index contributed by atoms with van der Waals surface area (Å²) in [5, 5.41) is 7.97. The number of hydrogen-bond acceptors (Lipinski definition) is 3. The van der Waals surface area contributed by atoms with Gasteiger partial charge in [0, 0.05) is 37.4 Å². The Hall–Kier alpha value is -0.870. The Morgan fingerprint density at radius 2 is 2.24 bits per heavy atom. The van der Waals surface area contributed by atoms with Crippen molar-refractivity contribution in [2.45, 2.75) is 32.4 Å². The molecule has 0 saturated carbocycles. The summed E-state index contributed by atoms with van der Waals surface area (Å²) in [4.78, 5) is 2.41. The molecule has 1 aromatic rings. The van der Waals surface area contributed by atoms with Crippen LogP contribution in [0.4, 0.5) is 0 Å². The van der Waals surface area contributed by atoms with Crippen LogP contribution in [-0.2, 0) is 7.05 Å². The summed E-state index contributed by atoms with van der Waals surface area (Å²) in [5.74, 6) is 0.716. The van der Waals surface area contributed by atoms with Gasteiger partial charge in [0.05, 0.1) is 6.20 Å². The Labute approximate surface area is 104 Å². The van der Waals surface area contributed by atoms with Crippen LogP contribution in [0, 0.1) is 5.92 Å². The van der Waals surface area contributed by atoms with E-state index in [4.69, 9.17) is 0 Å². The van der Waals surface area contributed by atoms with E-state index >= 15 is 0 Å². The number of rotatable bonds is 3. The Morgan fingerprint density at radius 1 is 1.47 bits per heavy atom. The first-order valence-electron chi connectivity index (χ1n) is 6.49. The largest absolute Gasteiger partial charge is 0.307 e. The number of hydrogen-bond donors (Lipinski definition) is 1. The molecule has 2 rings (SSSR count). The number of likely N-dealkylation sites (tertiary alicyclic amines) is 1. The molecule has 0 aromatic carbocycles. The predicted molar refractivity (Wildman–Crippen MR) is 69.8 cm³/mol. The minimum Gasteiger partial charge on any atom is -0.307 e. The van der Waals surface area contributed by atoms with Crippen LogP contribution in [0.3, 0.4) is 0 Å². The fourth-order valence-corrected chi connectivity index (χ4v) is 2.68. The Kier molecular flexibility index (Phi) is 3.84. The second-order valence-corrected chi connectivity index (χ2v) is 5.47. The highest BCUT2D eigenvalue weighted by atomic mass is 15.2. The van der Waals surface area contributed by atoms with E-state index < -0.39 is 0 Å². The lowest BCUT2D eigenvalue weighted by Gasteiger charge is -2.36. The second-order valence-electron chi connectivity index (χ2n) is 5.47. The van der Waals surface area contributed by atoms with Crippen molar-refractivity contribution in [3.63, 3.8) is 0 Å². The molecule has 0 spiro atoms. The third kappa shape index (κ3) is 3.07. The van der Waals surface area contributed by atoms with Crippen molar-refractivity contribution in [3.8, 4) is 0 Å². The first-order valence-corrected chi connectivity index (χ1v) is 6.49. The highest BCUT2D eigenvalue weighted by Crippen LogP contribution is 2.20. The lowest BCUT2D eigenvalue weighted by Crippen LogP contribution is -2.47. The van der Waals surface area contributed by atoms with E-state index in [0.29, 0.717) is 18.0 Å². The summed E-state index contributed by atoms with van der Waals surface area (Å²) in [7, 11) is 4.17. The maximum absolute atomic E-state index is 4.23. The van der Waals surface area contributed by atoms with Crippen molar-refractivity contribution < 1.29 is 0 Å². The number of aromatic nitrogens is 2. The third-order valence-electron chi connectivity index (χ3n) is 3.80. The lowest BCUT2D eigenvalue weighted by molar-refractivity contribution is 0.168. The van der Waals surface area contributed by atoms with Crippen LogP contribution >= 0.6 is 0 Å². The average molecular weight is 236 g/mol. The first-order chi connectivity index (χ1) is 8.06. The van der Waals surface area contributed by atoms with Gasteiger partial charge in [0.2, 0.25) is 0 Å². The second kappa shape index (κ2) is 5.19. The van der Waals surface area contributed by atoms with Gasteiger partial charge in [0.15, 0.2) is 0 Å². The maximum Gasteiger partial charge on any atom is 0.0537 e. The van der Waals surface area contributed by atoms with Crippen LogP contribution < -0.4 is 5.32 Å². The molecule has 1 N–H and O–H groups in total. The van der Waals surface area contributed by atoms with Crippen LogP contribution in [0.2, 0.25) is 0 Å². The summed E-state index contributed by atoms with van der Waals surface area (Å²) in [5.41, 5.74) is 1.28. The predicted octanol–water partition coefficient (Wildman–Crippen LogP) is 1.41. The van der Waals surface area contributed by atoms with Crippen molar-refractivity contribution >= 4 is 0 Å². The molecule has 1 saturated heterocycles. The van der Waals surface area contributed by atoms with E-state index in [9.17, 15) is 0 Å². The smallest absolute Gasteiger partial charge is 0.0537 e. The van der Waals surface area contributed by atoms with Gasteiger partial charge in [-0.2, -0.15) is 5.10 Å². The number of nitrogens with one attached hydrogen (secondary N) is 1. The molecule has 0 amide bonds. The number of aryl methyl sites for hydroxylation is 1. The van der Waals surface area contributed by atoms with Crippen molar-refractivity contribution in [2.24, 2.45) is 13.0 Å². The zero-order chi connectivity index (χ0) is 12.4. The number of piperidine rings is 1. The van der Waals surface area contributed by atoms with Gasteiger partial charge < -0.3 is 10.2 Å². The lowest BCUT2D eigenvalue weighted by atomic mass is 9.93. The SMILES string of the molecule is CC(NC1CCN(C)CC1C)c1cnn(C)c1. The van der Waals surface area contributed by atoms with E-state index in [1.165, 1.54) is 25.1 Å². The fourth-order valence-electron chi connectivity index (χ4n) is 2.68. The zero-order valence-corrected chi connectivity index (χ0v) is 11.3. The quantitative estimate of drug-likeness (QED) is 0.861. The highest BCUT2D eigenvalue weighted by Gasteiger charge is 2.25. The van der Waals surface area contributed by atoms with Gasteiger partial charge in [-0.25, -0.2) is 0 Å². The van der Waals surface area contributed by atoms with Crippen molar-refractivity contribution in [2.75, 3.05) is 20.1 Å². The summed E-state index contributed by atoms with van der Waals surface area (Å²) < 4.78 is 1.87. The molecule has 1 aliphatic rings. The van der Waals surface area contributed by atoms with Crippen molar-refractivity contribution in [3.05, 3.63) is 18.0 Å². The molecule has 0 bridgehead atoms. The van der Waals surface area contributed by atoms with Crippen LogP contribution in [0.5, 0.6) is 0 Å². The summed E-state index contributed by atoms with van der Waals surface area (Å²) in [6, 6.07) is 1.01. The van der Waals surface area contributed by atoms with Crippen molar-refractivity contribution in [1.29, 1.82) is 0 Å². The monoisotopic (exact) mass is 236 g/mol. The van der Waals surface area contributed by atoms with Crippen LogP contribution in [0.25, 0.3) is 0 Å². The Morgan fingerprint density at radius 3 is 2.82 bits per heavy atom. The van der Waals surface area contributed by atoms with Gasteiger partial charge in [0.1, 0.15) is 0 Å². The minimum atomic E-state index is 0.388. The molecule has 4 heteroatoms. The fraction of sp³-hybridized carbons (Fsp3) is 0.769. The Bertz CT molecular complexity index is 360. The normalized spacial score (nSPS) is 28.2. The van der Waals surface area contributed by atoms with E-state index in [1.54, 1.807) is 0 Å². The van der Waals surface area contributed by atoms with Crippen LogP contribution in [-0.4, -0.2) is 40.9 Å². The average Bonchev–Trinajstić information content (AvgIpc) is 2.69. The third-order valence-corrected chi connectivity index (χ3v) is 3.80. The van der Waals surface area contributed by atoms with E-state index in [1.807, 2.05) is 17.9 Å². The molecule has 3 unspecified atom stereocenters. The van der Waals surface area contributed by atoms with Crippen LogP contribution in [0.15, 0.2) is 12.4 Å². The topological polar surface area (TPSA) is 33.1 Å². The minimum absolute atomic E-state index is 0.388. The Balaban J connectivity index is 1.92. The molecular formula is C13H24N4. The van der Waals surface area contributed by atoms with E-state index in [-0.39, 0.29) is 0 Å². The zero-order valence-electron chi connectivity index (χ0n) is 11.3. The first kappa shape index (κ1) is 12.6. The van der Waals surface area contributed by atoms with E-state index in [0.717, 1.165) is 0 Å². The molecule has 3 atom stereocenters. The van der Waals surface area contributed by atoms with Gasteiger partial charge in [-0.15, -0.1) is 0 Å². The van der Waals surface area contributed by atoms with Crippen LogP contribution in [0.1, 0.15) is 31.9 Å². The van der Waals surface area contributed by atoms with Gasteiger partial charge in [-0.05, 0) is 32.9 Å². The molecule has 1 aromatic heterocycles. The summed E-state index contributed by atoms with van der Waals surface area (Å²) >= 11 is 0. The van der Waals surface area contributed by atoms with Gasteiger partial charge in [-0.1, -0.05) is 6.92 Å². The summed E-state index contributed by atoms with van der Waals surface area (Å²) in [6.45, 7) is 6.95. The molecule has 96 valence electrons. The van der Waals surface area contributed by atoms with Gasteiger partial charge in [-0.3, -0.25) is 4.68 Å². The standard InChI is InChI=1S/C13H24N4/c1-10-8-16(3)6-5-13(10)15-11(2)12-7-14-17(4)9-12/h7,9-11,13,15H,5-6,8H2,1-4H3.